The van der Waals surface area contributed by atoms with Gasteiger partial charge in [0.25, 0.3) is 29.5 Å². The first kappa shape index (κ1) is 57.4. The Hall–Kier alpha value is -8.65. The Kier molecular flexibility index (Phi) is 14.9. The maximum atomic E-state index is 16.0. The minimum Gasteiger partial charge on any atom is -0.350 e. The molecule has 450 valence electrons. The van der Waals surface area contributed by atoms with E-state index >= 15 is 9.18 Å². The van der Waals surface area contributed by atoms with Crippen molar-refractivity contribution in [3.05, 3.63) is 136 Å². The van der Waals surface area contributed by atoms with Gasteiger partial charge in [-0.3, -0.25) is 48.6 Å². The highest BCUT2D eigenvalue weighted by atomic mass is 19.1. The summed E-state index contributed by atoms with van der Waals surface area (Å²) < 4.78 is 17.9. The molecule has 4 aromatic carbocycles. The van der Waals surface area contributed by atoms with Gasteiger partial charge in [-0.15, -0.1) is 0 Å². The van der Waals surface area contributed by atoms with Gasteiger partial charge in [-0.2, -0.15) is 0 Å². The number of anilines is 3. The smallest absolute Gasteiger partial charge is 0.262 e. The fraction of sp³-hybridized carbons (Fsp3) is 0.433. The molecule has 1 atom stereocenters. The number of hydrogen-bond acceptors (Lipinski definition) is 12. The summed E-state index contributed by atoms with van der Waals surface area (Å²) in [7, 11) is 0. The molecule has 1 unspecified atom stereocenters. The van der Waals surface area contributed by atoms with Gasteiger partial charge in [0.05, 0.1) is 39.8 Å². The first-order valence-electron chi connectivity index (χ1n) is 30.9. The van der Waals surface area contributed by atoms with Crippen LogP contribution in [0.4, 0.5) is 21.6 Å². The molecule has 5 fully saturated rings. The third kappa shape index (κ3) is 10.2. The predicted molar refractivity (Wildman–Crippen MR) is 324 cm³/mol. The summed E-state index contributed by atoms with van der Waals surface area (Å²) in [4.78, 5) is 127. The molecule has 4 saturated heterocycles. The van der Waals surface area contributed by atoms with Crippen LogP contribution in [0, 0.1) is 12.7 Å². The van der Waals surface area contributed by atoms with Crippen LogP contribution in [-0.2, 0) is 19.8 Å². The number of nitrogens with zero attached hydrogens (tertiary/aromatic N) is 8. The van der Waals surface area contributed by atoms with E-state index in [1.54, 1.807) is 54.5 Å². The lowest BCUT2D eigenvalue weighted by Crippen LogP contribution is -2.58. The van der Waals surface area contributed by atoms with Crippen molar-refractivity contribution in [3.63, 3.8) is 0 Å². The summed E-state index contributed by atoms with van der Waals surface area (Å²) in [6.07, 6.45) is 9.33. The highest BCUT2D eigenvalue weighted by Gasteiger charge is 2.56. The highest BCUT2D eigenvalue weighted by molar-refractivity contribution is 6.23. The Bertz CT molecular complexity index is 3850. The Balaban J connectivity index is 0.708. The van der Waals surface area contributed by atoms with Crippen LogP contribution < -0.4 is 20.9 Å². The number of halogens is 1. The van der Waals surface area contributed by atoms with Crippen LogP contribution in [0.1, 0.15) is 179 Å². The Morgan fingerprint density at radius 3 is 2.07 bits per heavy atom. The van der Waals surface area contributed by atoms with Crippen molar-refractivity contribution in [2.45, 2.75) is 147 Å². The maximum Gasteiger partial charge on any atom is 0.262 e. The second kappa shape index (κ2) is 22.6. The molecule has 2 aromatic heterocycles. The number of benzene rings is 4. The number of amides is 8. The van der Waals surface area contributed by atoms with Crippen molar-refractivity contribution in [2.24, 2.45) is 0 Å². The molecule has 1 spiro atoms. The molecule has 19 nitrogen and oxygen atoms in total. The monoisotopic (exact) mass is 1180 g/mol. The van der Waals surface area contributed by atoms with E-state index in [0.29, 0.717) is 103 Å². The van der Waals surface area contributed by atoms with Gasteiger partial charge in [0, 0.05) is 84.7 Å². The molecule has 0 radical (unpaired) electrons. The number of carbonyl (C=O) groups is 8. The Labute approximate surface area is 504 Å². The van der Waals surface area contributed by atoms with Crippen molar-refractivity contribution in [2.75, 3.05) is 49.5 Å². The third-order valence-electron chi connectivity index (χ3n) is 19.4. The lowest BCUT2D eigenvalue weighted by molar-refractivity contribution is -0.136. The summed E-state index contributed by atoms with van der Waals surface area (Å²) in [5.74, 6) is -2.91. The number of imidazole rings is 1. The molecule has 8 amide bonds. The van der Waals surface area contributed by atoms with Crippen LogP contribution in [0.15, 0.2) is 85.2 Å². The van der Waals surface area contributed by atoms with E-state index in [2.05, 4.69) is 33.0 Å². The fourth-order valence-corrected chi connectivity index (χ4v) is 14.5. The zero-order valence-electron chi connectivity index (χ0n) is 49.8. The van der Waals surface area contributed by atoms with Crippen LogP contribution >= 0.6 is 0 Å². The zero-order valence-corrected chi connectivity index (χ0v) is 49.8. The molecule has 6 aromatic rings. The van der Waals surface area contributed by atoms with Crippen molar-refractivity contribution < 1.29 is 42.7 Å². The van der Waals surface area contributed by atoms with Crippen LogP contribution in [0.3, 0.4) is 0 Å². The molecule has 3 N–H and O–H groups in total. The molecule has 13 rings (SSSR count). The molecule has 6 aliphatic heterocycles. The van der Waals surface area contributed by atoms with E-state index < -0.39 is 40.9 Å². The van der Waals surface area contributed by atoms with E-state index in [1.165, 1.54) is 31.4 Å². The van der Waals surface area contributed by atoms with E-state index in [0.717, 1.165) is 53.2 Å². The molecular weight excluding hydrogens is 1110 g/mol. The van der Waals surface area contributed by atoms with Crippen molar-refractivity contribution in [1.29, 1.82) is 0 Å². The summed E-state index contributed by atoms with van der Waals surface area (Å²) in [5, 5.41) is 8.41. The molecule has 7 aliphatic rings. The number of fused-ring (bicyclic) bond motifs is 4. The minimum absolute atomic E-state index is 0.00239. The highest BCUT2D eigenvalue weighted by Crippen LogP contribution is 2.52. The first-order valence-corrected chi connectivity index (χ1v) is 30.9. The first-order chi connectivity index (χ1) is 41.8. The minimum atomic E-state index is -1.04. The van der Waals surface area contributed by atoms with Crippen LogP contribution in [0.2, 0.25) is 0 Å². The van der Waals surface area contributed by atoms with E-state index in [4.69, 9.17) is 9.97 Å². The molecule has 20 heteroatoms. The number of nitrogens with one attached hydrogen (secondary N) is 3. The van der Waals surface area contributed by atoms with Gasteiger partial charge in [0.15, 0.2) is 5.82 Å². The summed E-state index contributed by atoms with van der Waals surface area (Å²) >= 11 is 0. The lowest BCUT2D eigenvalue weighted by atomic mass is 9.73. The largest absolute Gasteiger partial charge is 0.350 e. The van der Waals surface area contributed by atoms with Crippen molar-refractivity contribution in [3.8, 4) is 11.3 Å². The van der Waals surface area contributed by atoms with Gasteiger partial charge in [-0.25, -0.2) is 14.4 Å². The quantitative estimate of drug-likeness (QED) is 0.0978. The third-order valence-corrected chi connectivity index (χ3v) is 19.4. The number of aryl methyl sites for hydroxylation is 1. The molecular formula is C67H72FN11O8. The Morgan fingerprint density at radius 2 is 1.40 bits per heavy atom. The number of aromatic nitrogens is 3. The van der Waals surface area contributed by atoms with Crippen LogP contribution in [0.5, 0.6) is 0 Å². The van der Waals surface area contributed by atoms with Gasteiger partial charge in [-0.1, -0.05) is 24.6 Å². The lowest BCUT2D eigenvalue weighted by Gasteiger charge is -2.48. The molecule has 1 saturated carbocycles. The van der Waals surface area contributed by atoms with Gasteiger partial charge in [0.1, 0.15) is 17.4 Å². The number of imide groups is 2. The van der Waals surface area contributed by atoms with Gasteiger partial charge >= 0.3 is 0 Å². The average Bonchev–Trinajstić information content (AvgIpc) is 1.58. The number of carbonyl (C=O) groups excluding carboxylic acids is 8. The fourth-order valence-electron chi connectivity index (χ4n) is 14.5. The number of hydrogen-bond donors (Lipinski definition) is 3. The van der Waals surface area contributed by atoms with Crippen molar-refractivity contribution in [1.82, 2.24) is 44.8 Å². The summed E-state index contributed by atoms with van der Waals surface area (Å²) in [6, 6.07) is 22.1. The summed E-state index contributed by atoms with van der Waals surface area (Å²) in [5.41, 5.74) is 6.76. The number of rotatable bonds is 12. The van der Waals surface area contributed by atoms with E-state index in [-0.39, 0.29) is 77.3 Å². The SMILES string of the molecule is Cc1cc(F)c(Nc2nc(-c3ccc4c(c3)N(C3CC(N5CCCCC5)C3)C(=O)C43CCN(C(=O)c4ccc(C(=O)N5CCC(c6ccc7c(c6)C(=O)N(C6CCC(=O)NC6=O)C7=O)CC5)cc4)CC3)cc3ncn(C(C)C)c23)cc1C(=O)NC(C)C. The van der Waals surface area contributed by atoms with Crippen molar-refractivity contribution >= 4 is 75.5 Å². The average molecular weight is 1180 g/mol. The van der Waals surface area contributed by atoms with Gasteiger partial charge in [-0.05, 0) is 189 Å². The van der Waals surface area contributed by atoms with E-state index in [9.17, 15) is 33.6 Å². The summed E-state index contributed by atoms with van der Waals surface area (Å²) in [6.45, 7) is 13.3. The maximum absolute atomic E-state index is 16.0. The van der Waals surface area contributed by atoms with Crippen LogP contribution in [-0.4, -0.2) is 145 Å². The second-order valence-corrected chi connectivity index (χ2v) is 25.4. The number of piperidine rings is 4. The number of pyridine rings is 1. The standard InChI is InChI=1S/C67H72FN11O8/c1-37(2)70-60(81)48-34-53(51(68)29-39(48)5)72-59-58-54(69-36-77(58)38(3)4)35-52(71-59)44-14-16-50-56(31-44)78(46-32-45(33-46)74-23-7-6-8-24-74)66(87)67(50)21-27-76(28-22-67)63(84)42-11-9-41(10-12-42)62(83)75-25-19-40(20-26-75)43-13-15-47-49(30-43)65(86)79(64(47)85)55-17-18-57(80)73-61(55)82/h9-16,29-31,34-38,40,45-46,55H,6-8,17-28,32-33H2,1-5H3,(H,70,81)(H,71,72)(H,73,80,82). The Morgan fingerprint density at radius 1 is 0.724 bits per heavy atom. The second-order valence-electron chi connectivity index (χ2n) is 25.4. The zero-order chi connectivity index (χ0) is 60.7. The number of likely N-dealkylation sites (tertiary alicyclic amines) is 3. The van der Waals surface area contributed by atoms with Gasteiger partial charge in [0.2, 0.25) is 17.7 Å². The molecule has 87 heavy (non-hydrogen) atoms. The molecule has 1 aliphatic carbocycles. The van der Waals surface area contributed by atoms with Gasteiger partial charge < -0.3 is 34.8 Å². The van der Waals surface area contributed by atoms with E-state index in [1.807, 2.05) is 60.3 Å². The van der Waals surface area contributed by atoms with Crippen LogP contribution in [0.25, 0.3) is 22.3 Å². The normalized spacial score (nSPS) is 21.5. The predicted octanol–water partition coefficient (Wildman–Crippen LogP) is 8.97. The topological polar surface area (TPSA) is 220 Å². The molecule has 0 bridgehead atoms. The molecule has 8 heterocycles.